The first-order valence-electron chi connectivity index (χ1n) is 9.59. The molecule has 0 N–H and O–H groups in total. The lowest BCUT2D eigenvalue weighted by Crippen LogP contribution is -2.05. The van der Waals surface area contributed by atoms with Crippen molar-refractivity contribution in [2.45, 2.75) is 26.5 Å². The first-order chi connectivity index (χ1) is 14.7. The molecule has 30 heavy (non-hydrogen) atoms. The Hall–Kier alpha value is -2.92. The second-order valence-corrected chi connectivity index (χ2v) is 7.86. The molecule has 4 nitrogen and oxygen atoms in total. The maximum atomic E-state index is 14.1. The molecule has 0 unspecified atom stereocenters. The molecule has 0 spiro atoms. The topological polar surface area (TPSA) is 39.9 Å². The Labute approximate surface area is 188 Å². The Balaban J connectivity index is 1.71. The molecular formula is C24H19FIN3O. The molecule has 0 bridgehead atoms. The molecule has 0 saturated heterocycles. The molecule has 6 heteroatoms. The van der Waals surface area contributed by atoms with Crippen LogP contribution in [0, 0.1) is 21.2 Å². The van der Waals surface area contributed by atoms with Crippen LogP contribution in [0.5, 0.6) is 5.88 Å². The number of aromatic nitrogens is 3. The van der Waals surface area contributed by atoms with Gasteiger partial charge >= 0.3 is 0 Å². The van der Waals surface area contributed by atoms with Crippen LogP contribution in [0.25, 0.3) is 10.9 Å². The summed E-state index contributed by atoms with van der Waals surface area (Å²) in [6.07, 6.45) is 4.27. The van der Waals surface area contributed by atoms with Crippen LogP contribution in [0.3, 0.4) is 0 Å². The van der Waals surface area contributed by atoms with Crippen LogP contribution in [-0.2, 0) is 13.2 Å². The first kappa shape index (κ1) is 20.4. The van der Waals surface area contributed by atoms with Crippen molar-refractivity contribution in [1.82, 2.24) is 14.8 Å². The fourth-order valence-corrected chi connectivity index (χ4v) is 3.63. The fraction of sp³-hybridized carbons (Fsp3) is 0.167. The van der Waals surface area contributed by atoms with E-state index in [9.17, 15) is 4.39 Å². The molecule has 2 aromatic carbocycles. The van der Waals surface area contributed by atoms with E-state index < -0.39 is 0 Å². The highest BCUT2D eigenvalue weighted by Gasteiger charge is 2.12. The Morgan fingerprint density at radius 2 is 2.00 bits per heavy atom. The summed E-state index contributed by atoms with van der Waals surface area (Å²) in [5.41, 5.74) is 3.36. The fourth-order valence-electron chi connectivity index (χ4n) is 3.13. The summed E-state index contributed by atoms with van der Waals surface area (Å²) in [5, 5.41) is 5.44. The molecule has 2 aromatic heterocycles. The summed E-state index contributed by atoms with van der Waals surface area (Å²) < 4.78 is 22.8. The van der Waals surface area contributed by atoms with Gasteiger partial charge < -0.3 is 4.74 Å². The molecule has 4 aromatic rings. The highest BCUT2D eigenvalue weighted by molar-refractivity contribution is 14.1. The lowest BCUT2D eigenvalue weighted by Gasteiger charge is -2.11. The van der Waals surface area contributed by atoms with Gasteiger partial charge in [-0.1, -0.05) is 37.0 Å². The third kappa shape index (κ3) is 4.46. The minimum absolute atomic E-state index is 0.236. The van der Waals surface area contributed by atoms with Gasteiger partial charge in [-0.05, 0) is 52.9 Å². The van der Waals surface area contributed by atoms with Gasteiger partial charge in [0.15, 0.2) is 0 Å². The van der Waals surface area contributed by atoms with Crippen LogP contribution in [0.15, 0.2) is 60.9 Å². The maximum absolute atomic E-state index is 14.1. The molecule has 4 rings (SSSR count). The second-order valence-electron chi connectivity index (χ2n) is 6.70. The van der Waals surface area contributed by atoms with Crippen LogP contribution < -0.4 is 4.74 Å². The van der Waals surface area contributed by atoms with Crippen molar-refractivity contribution in [1.29, 1.82) is 0 Å². The maximum Gasteiger partial charge on any atom is 0.227 e. The molecular weight excluding hydrogens is 492 g/mol. The zero-order valence-electron chi connectivity index (χ0n) is 16.4. The van der Waals surface area contributed by atoms with Crippen molar-refractivity contribution in [2.75, 3.05) is 0 Å². The summed E-state index contributed by atoms with van der Waals surface area (Å²) in [4.78, 5) is 4.30. The quantitative estimate of drug-likeness (QED) is 0.260. The molecule has 2 heterocycles. The van der Waals surface area contributed by atoms with E-state index in [1.165, 1.54) is 6.07 Å². The van der Waals surface area contributed by atoms with Gasteiger partial charge in [-0.3, -0.25) is 4.68 Å². The van der Waals surface area contributed by atoms with E-state index in [-0.39, 0.29) is 5.82 Å². The first-order valence-corrected chi connectivity index (χ1v) is 10.7. The van der Waals surface area contributed by atoms with Crippen molar-refractivity contribution >= 4 is 33.5 Å². The lowest BCUT2D eigenvalue weighted by molar-refractivity contribution is 0.291. The monoisotopic (exact) mass is 511 g/mol. The van der Waals surface area contributed by atoms with Gasteiger partial charge in [0.05, 0.1) is 21.8 Å². The van der Waals surface area contributed by atoms with Gasteiger partial charge in [-0.25, -0.2) is 9.37 Å². The van der Waals surface area contributed by atoms with Gasteiger partial charge in [0.2, 0.25) is 5.88 Å². The number of ether oxygens (including phenoxy) is 1. The van der Waals surface area contributed by atoms with Crippen LogP contribution in [0.2, 0.25) is 0 Å². The molecule has 0 atom stereocenters. The van der Waals surface area contributed by atoms with E-state index in [0.29, 0.717) is 24.6 Å². The highest BCUT2D eigenvalue weighted by atomic mass is 127. The Bertz CT molecular complexity index is 1260. The predicted molar refractivity (Wildman–Crippen MR) is 124 cm³/mol. The molecule has 0 aliphatic rings. The van der Waals surface area contributed by atoms with E-state index in [1.54, 1.807) is 29.2 Å². The number of fused-ring (bicyclic) bond motifs is 1. The zero-order chi connectivity index (χ0) is 20.9. The van der Waals surface area contributed by atoms with E-state index in [1.807, 2.05) is 37.3 Å². The Morgan fingerprint density at radius 3 is 2.80 bits per heavy atom. The highest BCUT2D eigenvalue weighted by Crippen LogP contribution is 2.24. The van der Waals surface area contributed by atoms with Gasteiger partial charge in [-0.15, -0.1) is 0 Å². The van der Waals surface area contributed by atoms with Gasteiger partial charge in [-0.2, -0.15) is 5.10 Å². The van der Waals surface area contributed by atoms with Crippen LogP contribution in [-0.4, -0.2) is 14.8 Å². The van der Waals surface area contributed by atoms with Crippen LogP contribution in [0.1, 0.15) is 30.0 Å². The number of nitrogens with zero attached hydrogens (tertiary/aromatic N) is 3. The van der Waals surface area contributed by atoms with E-state index in [0.717, 1.165) is 32.0 Å². The van der Waals surface area contributed by atoms with Gasteiger partial charge in [0.25, 0.3) is 0 Å². The summed E-state index contributed by atoms with van der Waals surface area (Å²) in [6.45, 7) is 2.71. The van der Waals surface area contributed by atoms with Crippen LogP contribution in [0.4, 0.5) is 4.39 Å². The standard InChI is InChI=1S/C24H19FIN3O/c1-2-3-7-17-12-19-14-28-29(15-18-8-4-5-9-21(18)25)23(19)13-20(17)16-30-24-22(26)10-6-11-27-24/h4-6,8-14H,2,15-16H2,1H3. The van der Waals surface area contributed by atoms with E-state index >= 15 is 0 Å². The molecule has 0 saturated carbocycles. The van der Waals surface area contributed by atoms with Gasteiger partial charge in [0, 0.05) is 34.7 Å². The SMILES string of the molecule is CCC#Cc1cc2cnn(Cc3ccccc3F)c2cc1COc1ncccc1I. The number of benzene rings is 2. The average molecular weight is 511 g/mol. The van der Waals surface area contributed by atoms with E-state index in [4.69, 9.17) is 4.74 Å². The summed E-state index contributed by atoms with van der Waals surface area (Å²) in [7, 11) is 0. The Morgan fingerprint density at radius 1 is 1.13 bits per heavy atom. The minimum atomic E-state index is -0.236. The molecule has 0 aliphatic carbocycles. The van der Waals surface area contributed by atoms with Crippen molar-refractivity contribution in [3.63, 3.8) is 0 Å². The summed E-state index contributed by atoms with van der Waals surface area (Å²) in [6, 6.07) is 14.6. The van der Waals surface area contributed by atoms with Crippen molar-refractivity contribution < 1.29 is 9.13 Å². The van der Waals surface area contributed by atoms with Crippen LogP contribution >= 0.6 is 22.6 Å². The van der Waals surface area contributed by atoms with E-state index in [2.05, 4.69) is 44.5 Å². The molecule has 0 aliphatic heterocycles. The molecule has 150 valence electrons. The molecule has 0 amide bonds. The third-order valence-corrected chi connectivity index (χ3v) is 5.45. The van der Waals surface area contributed by atoms with Gasteiger partial charge in [0.1, 0.15) is 12.4 Å². The number of halogens is 2. The number of rotatable bonds is 5. The predicted octanol–water partition coefficient (Wildman–Crippen LogP) is 5.56. The molecule has 0 fully saturated rings. The van der Waals surface area contributed by atoms with Crippen molar-refractivity contribution in [3.8, 4) is 17.7 Å². The smallest absolute Gasteiger partial charge is 0.227 e. The van der Waals surface area contributed by atoms with Crippen molar-refractivity contribution in [3.05, 3.63) is 87.0 Å². The average Bonchev–Trinajstić information content (AvgIpc) is 3.14. The number of hydrogen-bond acceptors (Lipinski definition) is 3. The minimum Gasteiger partial charge on any atom is -0.472 e. The lowest BCUT2D eigenvalue weighted by atomic mass is 10.1. The largest absolute Gasteiger partial charge is 0.472 e. The normalized spacial score (nSPS) is 10.6. The Kier molecular flexibility index (Phi) is 6.29. The summed E-state index contributed by atoms with van der Waals surface area (Å²) in [5.74, 6) is 6.71. The second kappa shape index (κ2) is 9.26. The zero-order valence-corrected chi connectivity index (χ0v) is 18.6. The number of hydrogen-bond donors (Lipinski definition) is 0. The third-order valence-electron chi connectivity index (χ3n) is 4.63. The number of pyridine rings is 1. The van der Waals surface area contributed by atoms with Crippen molar-refractivity contribution in [2.24, 2.45) is 0 Å². The summed E-state index contributed by atoms with van der Waals surface area (Å²) >= 11 is 2.20. The molecule has 0 radical (unpaired) electrons.